The summed E-state index contributed by atoms with van der Waals surface area (Å²) in [6, 6.07) is 3.35. The third-order valence-corrected chi connectivity index (χ3v) is 6.61. The molecule has 8 heteroatoms. The highest BCUT2D eigenvalue weighted by Gasteiger charge is 2.33. The van der Waals surface area contributed by atoms with Gasteiger partial charge >= 0.3 is 0 Å². The van der Waals surface area contributed by atoms with Gasteiger partial charge in [-0.15, -0.1) is 22.7 Å². The van der Waals surface area contributed by atoms with Crippen molar-refractivity contribution in [2.75, 3.05) is 5.73 Å². The fraction of sp³-hybridized carbons (Fsp3) is 0.222. The van der Waals surface area contributed by atoms with E-state index in [2.05, 4.69) is 4.98 Å². The van der Waals surface area contributed by atoms with Crippen LogP contribution in [0, 0.1) is 0 Å². The molecule has 3 heterocycles. The smallest absolute Gasteiger partial charge is 0.253 e. The highest BCUT2D eigenvalue weighted by Crippen LogP contribution is 2.33. The van der Waals surface area contributed by atoms with Crippen LogP contribution in [0.1, 0.15) is 10.6 Å². The molecular formula is C9H9N3O2S3. The number of hydrogen-bond acceptors (Lipinski definition) is 6. The minimum absolute atomic E-state index is 0.323. The lowest BCUT2D eigenvalue weighted by Crippen LogP contribution is -2.25. The van der Waals surface area contributed by atoms with Crippen molar-refractivity contribution in [1.29, 1.82) is 0 Å². The Morgan fingerprint density at radius 1 is 1.41 bits per heavy atom. The Morgan fingerprint density at radius 2 is 2.24 bits per heavy atom. The molecule has 2 N–H and O–H groups in total. The summed E-state index contributed by atoms with van der Waals surface area (Å²) in [5.74, 6) is 0. The first-order valence-corrected chi connectivity index (χ1v) is 7.99. The SMILES string of the molecule is Nc1nc2c(s1)CN(S(=O)(=O)c1cccs1)C2. The molecule has 0 bridgehead atoms. The maximum Gasteiger partial charge on any atom is 0.253 e. The quantitative estimate of drug-likeness (QED) is 0.908. The molecule has 0 spiro atoms. The number of aromatic nitrogens is 1. The van der Waals surface area contributed by atoms with Gasteiger partial charge in [0.25, 0.3) is 10.0 Å². The molecule has 1 aliphatic rings. The van der Waals surface area contributed by atoms with Gasteiger partial charge in [0.2, 0.25) is 0 Å². The van der Waals surface area contributed by atoms with Crippen LogP contribution in [0.5, 0.6) is 0 Å². The second-order valence-electron chi connectivity index (χ2n) is 3.63. The van der Waals surface area contributed by atoms with Gasteiger partial charge in [-0.3, -0.25) is 0 Å². The van der Waals surface area contributed by atoms with E-state index in [1.54, 1.807) is 17.5 Å². The van der Waals surface area contributed by atoms with Crippen LogP contribution in [-0.4, -0.2) is 17.7 Å². The molecule has 0 aliphatic carbocycles. The van der Waals surface area contributed by atoms with Crippen LogP contribution in [0.3, 0.4) is 0 Å². The lowest BCUT2D eigenvalue weighted by molar-refractivity contribution is 0.432. The van der Waals surface area contributed by atoms with Crippen molar-refractivity contribution in [3.8, 4) is 0 Å². The Labute approximate surface area is 107 Å². The molecule has 2 aromatic rings. The predicted molar refractivity (Wildman–Crippen MR) is 67.3 cm³/mol. The first kappa shape index (κ1) is 11.1. The van der Waals surface area contributed by atoms with E-state index >= 15 is 0 Å². The molecule has 5 nitrogen and oxygen atoms in total. The summed E-state index contributed by atoms with van der Waals surface area (Å²) in [5, 5.41) is 2.26. The number of thiophene rings is 1. The standard InChI is InChI=1S/C9H9N3O2S3/c10-9-11-6-4-12(5-7(6)16-9)17(13,14)8-2-1-3-15-8/h1-3H,4-5H2,(H2,10,11). The molecule has 0 saturated carbocycles. The number of hydrogen-bond donors (Lipinski definition) is 1. The van der Waals surface area contributed by atoms with Gasteiger partial charge in [-0.25, -0.2) is 13.4 Å². The third kappa shape index (κ3) is 1.77. The fourth-order valence-electron chi connectivity index (χ4n) is 1.74. The molecule has 1 aliphatic heterocycles. The van der Waals surface area contributed by atoms with Gasteiger partial charge < -0.3 is 5.73 Å². The summed E-state index contributed by atoms with van der Waals surface area (Å²) in [6.07, 6.45) is 0. The van der Waals surface area contributed by atoms with Crippen molar-refractivity contribution >= 4 is 37.8 Å². The number of thiazole rings is 1. The Kier molecular flexibility index (Phi) is 2.47. The fourth-order valence-corrected chi connectivity index (χ4v) is 5.19. The molecule has 0 aromatic carbocycles. The molecule has 0 saturated heterocycles. The van der Waals surface area contributed by atoms with E-state index in [-0.39, 0.29) is 0 Å². The van der Waals surface area contributed by atoms with Gasteiger partial charge in [0.15, 0.2) is 5.13 Å². The maximum absolute atomic E-state index is 12.2. The molecule has 0 atom stereocenters. The second-order valence-corrected chi connectivity index (χ2v) is 7.85. The van der Waals surface area contributed by atoms with E-state index in [0.717, 1.165) is 10.6 Å². The molecule has 0 unspecified atom stereocenters. The zero-order valence-corrected chi connectivity index (χ0v) is 11.1. The minimum atomic E-state index is -3.37. The number of nitrogens with two attached hydrogens (primary N) is 1. The number of nitrogens with zero attached hydrogens (tertiary/aromatic N) is 2. The summed E-state index contributed by atoms with van der Waals surface area (Å²) in [5.41, 5.74) is 6.36. The van der Waals surface area contributed by atoms with Crippen molar-refractivity contribution in [2.45, 2.75) is 17.3 Å². The first-order chi connectivity index (χ1) is 8.07. The van der Waals surface area contributed by atoms with Gasteiger partial charge in [-0.1, -0.05) is 6.07 Å². The van der Waals surface area contributed by atoms with Crippen LogP contribution >= 0.6 is 22.7 Å². The molecule has 3 rings (SSSR count). The second kappa shape index (κ2) is 3.77. The normalized spacial score (nSPS) is 16.2. The number of sulfonamides is 1. The van der Waals surface area contributed by atoms with Crippen LogP contribution < -0.4 is 5.73 Å². The van der Waals surface area contributed by atoms with Crippen LogP contribution in [-0.2, 0) is 23.1 Å². The van der Waals surface area contributed by atoms with E-state index in [1.807, 2.05) is 0 Å². The summed E-state index contributed by atoms with van der Waals surface area (Å²) in [4.78, 5) is 5.08. The monoisotopic (exact) mass is 287 g/mol. The first-order valence-electron chi connectivity index (χ1n) is 4.85. The zero-order chi connectivity index (χ0) is 12.0. The molecule has 17 heavy (non-hydrogen) atoms. The van der Waals surface area contributed by atoms with Crippen LogP contribution in [0.2, 0.25) is 0 Å². The summed E-state index contributed by atoms with van der Waals surface area (Å²) < 4.78 is 26.3. The maximum atomic E-state index is 12.2. The van der Waals surface area contributed by atoms with E-state index in [0.29, 0.717) is 22.4 Å². The lowest BCUT2D eigenvalue weighted by atomic mass is 10.4. The molecule has 0 fully saturated rings. The average Bonchev–Trinajstić information content (AvgIpc) is 2.88. The van der Waals surface area contributed by atoms with E-state index in [9.17, 15) is 8.42 Å². The van der Waals surface area contributed by atoms with Crippen LogP contribution in [0.25, 0.3) is 0 Å². The van der Waals surface area contributed by atoms with Gasteiger partial charge in [0.05, 0.1) is 18.8 Å². The van der Waals surface area contributed by atoms with Gasteiger partial charge in [0.1, 0.15) is 4.21 Å². The molecule has 0 radical (unpaired) electrons. The molecule has 2 aromatic heterocycles. The lowest BCUT2D eigenvalue weighted by Gasteiger charge is -2.13. The van der Waals surface area contributed by atoms with E-state index in [4.69, 9.17) is 5.73 Å². The number of nitrogen functional groups attached to an aromatic ring is 1. The van der Waals surface area contributed by atoms with Crippen molar-refractivity contribution < 1.29 is 8.42 Å². The third-order valence-electron chi connectivity index (χ3n) is 2.53. The summed E-state index contributed by atoms with van der Waals surface area (Å²) >= 11 is 2.59. The van der Waals surface area contributed by atoms with Crippen molar-refractivity contribution in [3.05, 3.63) is 28.1 Å². The number of anilines is 1. The highest BCUT2D eigenvalue weighted by atomic mass is 32.2. The Hall–Kier alpha value is -0.960. The summed E-state index contributed by atoms with van der Waals surface area (Å²) in [7, 11) is -3.37. The molecule has 90 valence electrons. The van der Waals surface area contributed by atoms with Gasteiger partial charge in [-0.05, 0) is 11.4 Å². The Morgan fingerprint density at radius 3 is 2.88 bits per heavy atom. The van der Waals surface area contributed by atoms with Crippen molar-refractivity contribution in [1.82, 2.24) is 9.29 Å². The largest absolute Gasteiger partial charge is 0.375 e. The molecular weight excluding hydrogens is 278 g/mol. The van der Waals surface area contributed by atoms with Crippen LogP contribution in [0.4, 0.5) is 5.13 Å². The average molecular weight is 287 g/mol. The number of rotatable bonds is 2. The Balaban J connectivity index is 1.92. The molecule has 0 amide bonds. The zero-order valence-electron chi connectivity index (χ0n) is 8.66. The Bertz CT molecular complexity index is 622. The van der Waals surface area contributed by atoms with E-state index < -0.39 is 10.0 Å². The highest BCUT2D eigenvalue weighted by molar-refractivity contribution is 7.91. The minimum Gasteiger partial charge on any atom is -0.375 e. The van der Waals surface area contributed by atoms with Gasteiger partial charge in [0, 0.05) is 4.88 Å². The number of fused-ring (bicyclic) bond motifs is 1. The predicted octanol–water partition coefficient (Wildman–Crippen LogP) is 1.49. The van der Waals surface area contributed by atoms with Crippen molar-refractivity contribution in [2.24, 2.45) is 0 Å². The van der Waals surface area contributed by atoms with Crippen LogP contribution in [0.15, 0.2) is 21.7 Å². The topological polar surface area (TPSA) is 76.3 Å². The van der Waals surface area contributed by atoms with Crippen molar-refractivity contribution in [3.63, 3.8) is 0 Å². The summed E-state index contributed by atoms with van der Waals surface area (Å²) in [6.45, 7) is 0.702. The van der Waals surface area contributed by atoms with Gasteiger partial charge in [-0.2, -0.15) is 4.31 Å². The van der Waals surface area contributed by atoms with E-state index in [1.165, 1.54) is 27.0 Å².